The maximum Gasteiger partial charge on any atom is 0.230 e. The number of rotatable bonds is 6. The van der Waals surface area contributed by atoms with Crippen LogP contribution in [0.5, 0.6) is 0 Å². The number of aryl methyl sites for hydroxylation is 2. The van der Waals surface area contributed by atoms with Gasteiger partial charge in [-0.3, -0.25) is 4.79 Å². The summed E-state index contributed by atoms with van der Waals surface area (Å²) in [5.41, 5.74) is 9.51. The largest absolute Gasteiger partial charge is 0.353 e. The lowest BCUT2D eigenvalue weighted by atomic mass is 10.1. The number of hydrogen-bond acceptors (Lipinski definition) is 3. The van der Waals surface area contributed by atoms with Gasteiger partial charge in [-0.15, -0.1) is 24.2 Å². The maximum atomic E-state index is 12.0. The summed E-state index contributed by atoms with van der Waals surface area (Å²) in [4.78, 5) is 13.1. The first-order valence-corrected chi connectivity index (χ1v) is 8.32. The van der Waals surface area contributed by atoms with E-state index in [1.807, 2.05) is 30.3 Å². The molecule has 5 heteroatoms. The Kier molecular flexibility index (Phi) is 8.17. The molecule has 0 aliphatic carbocycles. The van der Waals surface area contributed by atoms with E-state index in [-0.39, 0.29) is 24.4 Å². The van der Waals surface area contributed by atoms with Crippen molar-refractivity contribution in [3.63, 3.8) is 0 Å². The number of carbonyl (C=O) groups is 1. The summed E-state index contributed by atoms with van der Waals surface area (Å²) in [6.45, 7) is 4.57. The second-order valence-corrected chi connectivity index (χ2v) is 6.40. The molecular formula is C18H23ClN2OS. The Balaban J connectivity index is 0.00000264. The third kappa shape index (κ3) is 6.26. The van der Waals surface area contributed by atoms with Crippen molar-refractivity contribution in [3.8, 4) is 0 Å². The van der Waals surface area contributed by atoms with Gasteiger partial charge in [0.15, 0.2) is 0 Å². The maximum absolute atomic E-state index is 12.0. The van der Waals surface area contributed by atoms with E-state index in [9.17, 15) is 4.79 Å². The smallest absolute Gasteiger partial charge is 0.230 e. The number of carbonyl (C=O) groups excluding carboxylic acids is 1. The molecule has 3 N–H and O–H groups in total. The van der Waals surface area contributed by atoms with Crippen molar-refractivity contribution in [2.24, 2.45) is 5.73 Å². The van der Waals surface area contributed by atoms with Gasteiger partial charge in [0.25, 0.3) is 0 Å². The van der Waals surface area contributed by atoms with E-state index >= 15 is 0 Å². The van der Waals surface area contributed by atoms with Gasteiger partial charge in [0.1, 0.15) is 0 Å². The van der Waals surface area contributed by atoms with Crippen LogP contribution in [0.1, 0.15) is 22.7 Å². The van der Waals surface area contributed by atoms with Crippen LogP contribution >= 0.6 is 24.2 Å². The van der Waals surface area contributed by atoms with Crippen LogP contribution in [0.2, 0.25) is 0 Å². The molecule has 0 heterocycles. The molecule has 0 saturated heterocycles. The highest BCUT2D eigenvalue weighted by Gasteiger charge is 2.09. The highest BCUT2D eigenvalue weighted by molar-refractivity contribution is 8.00. The zero-order valence-electron chi connectivity index (χ0n) is 13.4. The zero-order chi connectivity index (χ0) is 15.9. The van der Waals surface area contributed by atoms with Gasteiger partial charge < -0.3 is 11.1 Å². The van der Waals surface area contributed by atoms with Gasteiger partial charge >= 0.3 is 0 Å². The van der Waals surface area contributed by atoms with Gasteiger partial charge in [-0.05, 0) is 31.0 Å². The highest BCUT2D eigenvalue weighted by atomic mass is 35.5. The fourth-order valence-electron chi connectivity index (χ4n) is 2.10. The van der Waals surface area contributed by atoms with E-state index in [2.05, 4.69) is 37.4 Å². The van der Waals surface area contributed by atoms with Gasteiger partial charge in [0.2, 0.25) is 5.91 Å². The van der Waals surface area contributed by atoms with Crippen LogP contribution in [-0.4, -0.2) is 18.2 Å². The van der Waals surface area contributed by atoms with Crippen molar-refractivity contribution in [2.45, 2.75) is 24.8 Å². The van der Waals surface area contributed by atoms with Crippen LogP contribution in [0.4, 0.5) is 0 Å². The third-order valence-electron chi connectivity index (χ3n) is 3.45. The van der Waals surface area contributed by atoms with E-state index in [4.69, 9.17) is 5.73 Å². The number of benzene rings is 2. The van der Waals surface area contributed by atoms with Crippen LogP contribution in [0.15, 0.2) is 53.4 Å². The molecule has 2 aromatic carbocycles. The molecule has 1 atom stereocenters. The first-order valence-electron chi connectivity index (χ1n) is 7.33. The lowest BCUT2D eigenvalue weighted by Gasteiger charge is -2.13. The number of nitrogens with two attached hydrogens (primary N) is 1. The van der Waals surface area contributed by atoms with Crippen LogP contribution in [-0.2, 0) is 4.79 Å². The fourth-order valence-corrected chi connectivity index (χ4v) is 3.05. The molecular weight excluding hydrogens is 328 g/mol. The van der Waals surface area contributed by atoms with Crippen molar-refractivity contribution in [2.75, 3.05) is 12.3 Å². The minimum atomic E-state index is -0.171. The average molecular weight is 351 g/mol. The van der Waals surface area contributed by atoms with Crippen molar-refractivity contribution >= 4 is 30.1 Å². The summed E-state index contributed by atoms with van der Waals surface area (Å²) in [5.74, 6) is 0.420. The summed E-state index contributed by atoms with van der Waals surface area (Å²) in [7, 11) is 0. The number of amides is 1. The normalized spacial score (nSPS) is 11.4. The van der Waals surface area contributed by atoms with Gasteiger partial charge in [0, 0.05) is 17.5 Å². The van der Waals surface area contributed by atoms with E-state index in [0.29, 0.717) is 12.3 Å². The molecule has 1 unspecified atom stereocenters. The SMILES string of the molecule is Cc1ccc(C)c(SCC(=O)NCC(N)c2ccccc2)c1.Cl. The number of thioether (sulfide) groups is 1. The Hall–Kier alpha value is -1.49. The van der Waals surface area contributed by atoms with Crippen LogP contribution in [0.25, 0.3) is 0 Å². The van der Waals surface area contributed by atoms with E-state index in [0.717, 1.165) is 10.5 Å². The van der Waals surface area contributed by atoms with E-state index < -0.39 is 0 Å². The van der Waals surface area contributed by atoms with E-state index in [1.54, 1.807) is 11.8 Å². The molecule has 2 aromatic rings. The van der Waals surface area contributed by atoms with Crippen LogP contribution < -0.4 is 11.1 Å². The molecule has 0 fully saturated rings. The predicted octanol–water partition coefficient (Wildman–Crippen LogP) is 3.63. The van der Waals surface area contributed by atoms with Crippen molar-refractivity contribution in [1.29, 1.82) is 0 Å². The topological polar surface area (TPSA) is 55.1 Å². The molecule has 23 heavy (non-hydrogen) atoms. The summed E-state index contributed by atoms with van der Waals surface area (Å²) >= 11 is 1.56. The third-order valence-corrected chi connectivity index (χ3v) is 4.61. The lowest BCUT2D eigenvalue weighted by molar-refractivity contribution is -0.118. The molecule has 0 saturated carbocycles. The first-order chi connectivity index (χ1) is 10.6. The highest BCUT2D eigenvalue weighted by Crippen LogP contribution is 2.23. The average Bonchev–Trinajstić information content (AvgIpc) is 2.54. The Labute approximate surface area is 148 Å². The van der Waals surface area contributed by atoms with Gasteiger partial charge in [-0.2, -0.15) is 0 Å². The van der Waals surface area contributed by atoms with Crippen LogP contribution in [0, 0.1) is 13.8 Å². The molecule has 0 aliphatic rings. The predicted molar refractivity (Wildman–Crippen MR) is 100 cm³/mol. The summed E-state index contributed by atoms with van der Waals surface area (Å²) < 4.78 is 0. The van der Waals surface area contributed by atoms with Crippen molar-refractivity contribution in [1.82, 2.24) is 5.32 Å². The lowest BCUT2D eigenvalue weighted by Crippen LogP contribution is -2.32. The van der Waals surface area contributed by atoms with Gasteiger partial charge in [-0.1, -0.05) is 48.0 Å². The molecule has 0 aliphatic heterocycles. The second kappa shape index (κ2) is 9.60. The molecule has 124 valence electrons. The second-order valence-electron chi connectivity index (χ2n) is 5.38. The molecule has 0 radical (unpaired) electrons. The molecule has 2 rings (SSSR count). The van der Waals surface area contributed by atoms with E-state index in [1.165, 1.54) is 11.1 Å². The molecule has 3 nitrogen and oxygen atoms in total. The Bertz CT molecular complexity index is 634. The number of hydrogen-bond donors (Lipinski definition) is 2. The Morgan fingerprint density at radius 2 is 1.87 bits per heavy atom. The molecule has 0 aromatic heterocycles. The summed E-state index contributed by atoms with van der Waals surface area (Å²) in [5, 5.41) is 2.90. The minimum Gasteiger partial charge on any atom is -0.353 e. The first kappa shape index (κ1) is 19.6. The van der Waals surface area contributed by atoms with Crippen LogP contribution in [0.3, 0.4) is 0 Å². The quantitative estimate of drug-likeness (QED) is 0.782. The van der Waals surface area contributed by atoms with Gasteiger partial charge in [0.05, 0.1) is 5.75 Å². The van der Waals surface area contributed by atoms with Gasteiger partial charge in [-0.25, -0.2) is 0 Å². The number of nitrogens with one attached hydrogen (secondary N) is 1. The Morgan fingerprint density at radius 1 is 1.17 bits per heavy atom. The van der Waals surface area contributed by atoms with Crippen molar-refractivity contribution < 1.29 is 4.79 Å². The molecule has 0 bridgehead atoms. The minimum absolute atomic E-state index is 0. The Morgan fingerprint density at radius 3 is 2.57 bits per heavy atom. The van der Waals surface area contributed by atoms with Crippen molar-refractivity contribution in [3.05, 3.63) is 65.2 Å². The number of halogens is 1. The monoisotopic (exact) mass is 350 g/mol. The molecule has 1 amide bonds. The summed E-state index contributed by atoms with van der Waals surface area (Å²) in [6, 6.07) is 15.9. The zero-order valence-corrected chi connectivity index (χ0v) is 15.0. The summed E-state index contributed by atoms with van der Waals surface area (Å²) in [6.07, 6.45) is 0. The molecule has 0 spiro atoms. The fraction of sp³-hybridized carbons (Fsp3) is 0.278. The standard InChI is InChI=1S/C18H22N2OS.ClH/c1-13-8-9-14(2)17(10-13)22-12-18(21)20-11-16(19)15-6-4-3-5-7-15;/h3-10,16H,11-12,19H2,1-2H3,(H,20,21);1H.